The predicted molar refractivity (Wildman–Crippen MR) is 160 cm³/mol. The van der Waals surface area contributed by atoms with Crippen LogP contribution >= 0.6 is 15.9 Å². The van der Waals surface area contributed by atoms with Gasteiger partial charge in [0.25, 0.3) is 0 Å². The Balaban J connectivity index is 2.05. The first-order valence-corrected chi connectivity index (χ1v) is 15.5. The van der Waals surface area contributed by atoms with Crippen molar-refractivity contribution in [3.63, 3.8) is 0 Å². The van der Waals surface area contributed by atoms with E-state index in [2.05, 4.69) is 21.2 Å². The lowest BCUT2D eigenvalue weighted by Crippen LogP contribution is -2.53. The number of nitrogens with one attached hydrogen (secondary N) is 1. The van der Waals surface area contributed by atoms with Gasteiger partial charge in [-0.1, -0.05) is 83.0 Å². The average molecular weight is 615 g/mol. The maximum absolute atomic E-state index is 14.1. The predicted octanol–water partition coefficient (Wildman–Crippen LogP) is 5.00. The minimum absolute atomic E-state index is 0.146. The Bertz CT molecular complexity index is 1380. The quantitative estimate of drug-likeness (QED) is 0.311. The molecule has 0 spiro atoms. The number of carbonyl (C=O) groups is 2. The molecule has 0 aromatic heterocycles. The number of anilines is 1. The van der Waals surface area contributed by atoms with Crippen LogP contribution in [0.15, 0.2) is 77.3 Å². The van der Waals surface area contributed by atoms with Crippen LogP contribution in [0, 0.1) is 13.8 Å². The molecular weight excluding hydrogens is 578 g/mol. The van der Waals surface area contributed by atoms with Crippen molar-refractivity contribution in [2.24, 2.45) is 0 Å². The van der Waals surface area contributed by atoms with Crippen LogP contribution in [-0.4, -0.2) is 50.5 Å². The molecule has 39 heavy (non-hydrogen) atoms. The number of sulfonamides is 1. The van der Waals surface area contributed by atoms with Crippen LogP contribution in [0.3, 0.4) is 0 Å². The third kappa shape index (κ3) is 8.66. The van der Waals surface area contributed by atoms with Crippen molar-refractivity contribution < 1.29 is 18.0 Å². The van der Waals surface area contributed by atoms with Crippen LogP contribution < -0.4 is 9.62 Å². The van der Waals surface area contributed by atoms with Crippen LogP contribution in [0.2, 0.25) is 0 Å². The van der Waals surface area contributed by atoms with Crippen molar-refractivity contribution in [1.82, 2.24) is 10.2 Å². The van der Waals surface area contributed by atoms with E-state index in [0.29, 0.717) is 18.7 Å². The fraction of sp³-hybridized carbons (Fsp3) is 0.333. The summed E-state index contributed by atoms with van der Waals surface area (Å²) in [7, 11) is -3.80. The highest BCUT2D eigenvalue weighted by molar-refractivity contribution is 9.10. The first-order chi connectivity index (χ1) is 18.5. The molecule has 1 unspecified atom stereocenters. The number of carbonyl (C=O) groups excluding carboxylic acids is 2. The number of hydrogen-bond acceptors (Lipinski definition) is 4. The van der Waals surface area contributed by atoms with E-state index in [1.54, 1.807) is 6.07 Å². The van der Waals surface area contributed by atoms with Crippen LogP contribution in [0.5, 0.6) is 0 Å². The molecule has 1 N–H and O–H groups in total. The van der Waals surface area contributed by atoms with Gasteiger partial charge in [0.15, 0.2) is 0 Å². The van der Waals surface area contributed by atoms with Gasteiger partial charge >= 0.3 is 0 Å². The van der Waals surface area contributed by atoms with Gasteiger partial charge in [-0.05, 0) is 55.2 Å². The zero-order valence-corrected chi connectivity index (χ0v) is 25.3. The summed E-state index contributed by atoms with van der Waals surface area (Å²) in [6.45, 7) is 5.91. The lowest BCUT2D eigenvalue weighted by Gasteiger charge is -2.34. The Morgan fingerprint density at radius 2 is 1.62 bits per heavy atom. The zero-order chi connectivity index (χ0) is 28.6. The zero-order valence-electron chi connectivity index (χ0n) is 22.9. The number of nitrogens with zero attached hydrogens (tertiary/aromatic N) is 2. The van der Waals surface area contributed by atoms with E-state index in [0.717, 1.165) is 43.7 Å². The van der Waals surface area contributed by atoms with Gasteiger partial charge in [-0.3, -0.25) is 13.9 Å². The van der Waals surface area contributed by atoms with E-state index < -0.39 is 28.5 Å². The highest BCUT2D eigenvalue weighted by Crippen LogP contribution is 2.25. The van der Waals surface area contributed by atoms with Gasteiger partial charge in [0.1, 0.15) is 12.6 Å². The van der Waals surface area contributed by atoms with Crippen molar-refractivity contribution in [2.75, 3.05) is 23.7 Å². The van der Waals surface area contributed by atoms with Gasteiger partial charge in [0.05, 0.1) is 11.9 Å². The minimum atomic E-state index is -3.80. The SMILES string of the molecule is CCCNC(=O)C(Cc1ccccc1)N(Cc1ccc(Br)cc1)C(=O)CN(c1ccc(C)cc1C)S(C)(=O)=O. The van der Waals surface area contributed by atoms with Crippen molar-refractivity contribution >= 4 is 43.5 Å². The van der Waals surface area contributed by atoms with E-state index >= 15 is 0 Å². The molecule has 3 aromatic carbocycles. The number of hydrogen-bond donors (Lipinski definition) is 1. The van der Waals surface area contributed by atoms with E-state index in [1.165, 1.54) is 4.90 Å². The molecule has 0 aliphatic rings. The van der Waals surface area contributed by atoms with Gasteiger partial charge in [-0.15, -0.1) is 0 Å². The molecule has 3 rings (SSSR count). The number of benzene rings is 3. The molecule has 2 amide bonds. The molecule has 0 saturated carbocycles. The number of rotatable bonds is 12. The molecule has 9 heteroatoms. The molecular formula is C30H36BrN3O4S. The number of aryl methyl sites for hydroxylation is 2. The Labute approximate surface area is 240 Å². The Hall–Kier alpha value is -3.17. The van der Waals surface area contributed by atoms with E-state index in [1.807, 2.05) is 87.5 Å². The number of amides is 2. The van der Waals surface area contributed by atoms with E-state index in [4.69, 9.17) is 0 Å². The Morgan fingerprint density at radius 3 is 2.21 bits per heavy atom. The molecule has 1 atom stereocenters. The third-order valence-corrected chi connectivity index (χ3v) is 8.04. The summed E-state index contributed by atoms with van der Waals surface area (Å²) >= 11 is 3.44. The summed E-state index contributed by atoms with van der Waals surface area (Å²) < 4.78 is 27.9. The van der Waals surface area contributed by atoms with E-state index in [-0.39, 0.29) is 12.5 Å². The fourth-order valence-corrected chi connectivity index (χ4v) is 5.56. The Morgan fingerprint density at radius 1 is 0.949 bits per heavy atom. The first kappa shape index (κ1) is 30.4. The molecule has 0 aliphatic carbocycles. The van der Waals surface area contributed by atoms with Crippen molar-refractivity contribution in [3.05, 3.63) is 99.5 Å². The smallest absolute Gasteiger partial charge is 0.244 e. The molecule has 0 fully saturated rings. The fourth-order valence-electron chi connectivity index (χ4n) is 4.39. The van der Waals surface area contributed by atoms with Crippen LogP contribution in [0.25, 0.3) is 0 Å². The summed E-state index contributed by atoms with van der Waals surface area (Å²) in [5.41, 5.74) is 3.90. The summed E-state index contributed by atoms with van der Waals surface area (Å²) in [5, 5.41) is 2.94. The molecule has 0 radical (unpaired) electrons. The van der Waals surface area contributed by atoms with Crippen molar-refractivity contribution in [3.8, 4) is 0 Å². The topological polar surface area (TPSA) is 86.8 Å². The summed E-state index contributed by atoms with van der Waals surface area (Å²) in [6, 6.07) is 21.6. The van der Waals surface area contributed by atoms with E-state index in [9.17, 15) is 18.0 Å². The highest BCUT2D eigenvalue weighted by Gasteiger charge is 2.33. The molecule has 7 nitrogen and oxygen atoms in total. The molecule has 0 saturated heterocycles. The first-order valence-electron chi connectivity index (χ1n) is 12.9. The van der Waals surface area contributed by atoms with Gasteiger partial charge in [-0.2, -0.15) is 0 Å². The largest absolute Gasteiger partial charge is 0.354 e. The maximum Gasteiger partial charge on any atom is 0.244 e. The minimum Gasteiger partial charge on any atom is -0.354 e. The lowest BCUT2D eigenvalue weighted by atomic mass is 10.0. The summed E-state index contributed by atoms with van der Waals surface area (Å²) in [4.78, 5) is 29.1. The number of halogens is 1. The summed E-state index contributed by atoms with van der Waals surface area (Å²) in [5.74, 6) is -0.737. The van der Waals surface area contributed by atoms with Gasteiger partial charge in [0.2, 0.25) is 21.8 Å². The molecule has 3 aromatic rings. The average Bonchev–Trinajstić information content (AvgIpc) is 2.89. The normalized spacial score (nSPS) is 12.0. The molecule has 0 bridgehead atoms. The van der Waals surface area contributed by atoms with Crippen LogP contribution in [0.4, 0.5) is 5.69 Å². The molecule has 0 heterocycles. The second kappa shape index (κ2) is 13.8. The monoisotopic (exact) mass is 613 g/mol. The Kier molecular flexibility index (Phi) is 10.7. The van der Waals surface area contributed by atoms with Crippen LogP contribution in [0.1, 0.15) is 35.6 Å². The molecule has 208 valence electrons. The van der Waals surface area contributed by atoms with Gasteiger partial charge < -0.3 is 10.2 Å². The summed E-state index contributed by atoms with van der Waals surface area (Å²) in [6.07, 6.45) is 2.13. The van der Waals surface area contributed by atoms with Crippen LogP contribution in [-0.2, 0) is 32.6 Å². The van der Waals surface area contributed by atoms with Crippen molar-refractivity contribution in [2.45, 2.75) is 46.2 Å². The lowest BCUT2D eigenvalue weighted by molar-refractivity contribution is -0.140. The maximum atomic E-state index is 14.1. The van der Waals surface area contributed by atoms with Gasteiger partial charge in [0, 0.05) is 24.0 Å². The second-order valence-electron chi connectivity index (χ2n) is 9.70. The molecule has 0 aliphatic heterocycles. The second-order valence-corrected chi connectivity index (χ2v) is 12.5. The van der Waals surface area contributed by atoms with Gasteiger partial charge in [-0.25, -0.2) is 8.42 Å². The van der Waals surface area contributed by atoms with Crippen molar-refractivity contribution in [1.29, 1.82) is 0 Å². The highest BCUT2D eigenvalue weighted by atomic mass is 79.9. The standard InChI is InChI=1S/C30H36BrN3O4S/c1-5-17-32-30(36)28(19-24-9-7-6-8-10-24)33(20-25-12-14-26(31)15-13-25)29(35)21-34(39(4,37)38)27-16-11-22(2)18-23(27)3/h6-16,18,28H,5,17,19-21H2,1-4H3,(H,32,36). The third-order valence-electron chi connectivity index (χ3n) is 6.39.